The van der Waals surface area contributed by atoms with Crippen molar-refractivity contribution in [2.24, 2.45) is 11.1 Å². The van der Waals surface area contributed by atoms with Gasteiger partial charge in [0.15, 0.2) is 11.5 Å². The number of carbonyl (C=O) groups is 4. The maximum Gasteiger partial charge on any atom is 0.514 e. The summed E-state index contributed by atoms with van der Waals surface area (Å²) in [5.41, 5.74) is 6.33. The van der Waals surface area contributed by atoms with E-state index in [9.17, 15) is 19.2 Å². The maximum atomic E-state index is 12.5. The van der Waals surface area contributed by atoms with Crippen LogP contribution in [0, 0.1) is 5.41 Å². The van der Waals surface area contributed by atoms with Crippen LogP contribution in [0.4, 0.5) is 9.59 Å². The highest BCUT2D eigenvalue weighted by Gasteiger charge is 2.23. The van der Waals surface area contributed by atoms with Crippen LogP contribution in [0.15, 0.2) is 18.2 Å². The fraction of sp³-hybridized carbons (Fsp3) is 0.667. The lowest BCUT2D eigenvalue weighted by molar-refractivity contribution is -0.160. The molecule has 0 aromatic heterocycles. The van der Waals surface area contributed by atoms with Crippen LogP contribution in [0.25, 0.3) is 0 Å². The van der Waals surface area contributed by atoms with Gasteiger partial charge < -0.3 is 34.2 Å². The molecule has 1 aromatic rings. The first-order valence-electron chi connectivity index (χ1n) is 14.1. The molecule has 0 amide bonds. The van der Waals surface area contributed by atoms with Gasteiger partial charge in [-0.25, -0.2) is 9.59 Å². The second-order valence-corrected chi connectivity index (χ2v) is 11.4. The van der Waals surface area contributed by atoms with Crippen molar-refractivity contribution < 1.29 is 47.6 Å². The first kappa shape index (κ1) is 35.7. The second-order valence-electron chi connectivity index (χ2n) is 11.4. The normalized spacial score (nSPS) is 14.2. The van der Waals surface area contributed by atoms with E-state index in [0.29, 0.717) is 18.4 Å². The Kier molecular flexibility index (Phi) is 15.2. The Morgan fingerprint density at radius 1 is 0.805 bits per heavy atom. The van der Waals surface area contributed by atoms with Gasteiger partial charge >= 0.3 is 24.2 Å². The first-order chi connectivity index (χ1) is 19.1. The molecule has 11 heteroatoms. The lowest BCUT2D eigenvalue weighted by Crippen LogP contribution is -2.36. The molecule has 232 valence electrons. The molecule has 0 radical (unpaired) electrons. The summed E-state index contributed by atoms with van der Waals surface area (Å²) < 4.78 is 31.6. The van der Waals surface area contributed by atoms with Crippen molar-refractivity contribution in [3.05, 3.63) is 23.8 Å². The van der Waals surface area contributed by atoms with Crippen LogP contribution in [-0.2, 0) is 35.0 Å². The van der Waals surface area contributed by atoms with Crippen LogP contribution in [-0.4, -0.2) is 55.2 Å². The van der Waals surface area contributed by atoms with Crippen molar-refractivity contribution in [2.75, 3.05) is 6.61 Å². The van der Waals surface area contributed by atoms with Crippen LogP contribution in [0.3, 0.4) is 0 Å². The highest BCUT2D eigenvalue weighted by molar-refractivity contribution is 5.76. The molecule has 41 heavy (non-hydrogen) atoms. The van der Waals surface area contributed by atoms with Gasteiger partial charge in [0.2, 0.25) is 0 Å². The third-order valence-electron chi connectivity index (χ3n) is 5.61. The Morgan fingerprint density at radius 2 is 1.34 bits per heavy atom. The average Bonchev–Trinajstić information content (AvgIpc) is 2.82. The molecule has 1 rings (SSSR count). The van der Waals surface area contributed by atoms with Gasteiger partial charge in [0, 0.05) is 0 Å². The minimum Gasteiger partial charge on any atom is -0.461 e. The molecule has 0 fully saturated rings. The molecule has 0 aliphatic heterocycles. The average molecular weight is 582 g/mol. The van der Waals surface area contributed by atoms with Crippen LogP contribution >= 0.6 is 0 Å². The number of nitrogens with two attached hydrogens (primary N) is 1. The van der Waals surface area contributed by atoms with E-state index in [1.807, 2.05) is 34.6 Å². The summed E-state index contributed by atoms with van der Waals surface area (Å²) in [4.78, 5) is 49.2. The number of carbonyl (C=O) groups excluding carboxylic acids is 4. The van der Waals surface area contributed by atoms with Crippen molar-refractivity contribution in [1.82, 2.24) is 0 Å². The summed E-state index contributed by atoms with van der Waals surface area (Å²) in [6.07, 6.45) is -0.108. The lowest BCUT2D eigenvalue weighted by atomic mass is 9.92. The van der Waals surface area contributed by atoms with Crippen molar-refractivity contribution >= 4 is 24.2 Å². The Labute approximate surface area is 243 Å². The molecular weight excluding hydrogens is 534 g/mol. The topological polar surface area (TPSA) is 150 Å². The largest absolute Gasteiger partial charge is 0.514 e. The molecule has 0 heterocycles. The molecule has 2 unspecified atom stereocenters. The quantitative estimate of drug-likeness (QED) is 0.150. The molecule has 0 bridgehead atoms. The molecule has 0 saturated carbocycles. The Balaban J connectivity index is 2.90. The van der Waals surface area contributed by atoms with E-state index >= 15 is 0 Å². The Bertz CT molecular complexity index is 1000. The zero-order chi connectivity index (χ0) is 31.2. The minimum atomic E-state index is -1.07. The number of hydrogen-bond donors (Lipinski definition) is 1. The summed E-state index contributed by atoms with van der Waals surface area (Å²) in [5, 5.41) is 0. The van der Waals surface area contributed by atoms with E-state index in [2.05, 4.69) is 0 Å². The van der Waals surface area contributed by atoms with Gasteiger partial charge in [-0.15, -0.1) is 0 Å². The number of esters is 2. The fourth-order valence-corrected chi connectivity index (χ4v) is 3.71. The predicted octanol–water partition coefficient (Wildman–Crippen LogP) is 5.88. The summed E-state index contributed by atoms with van der Waals surface area (Å²) in [7, 11) is 0. The van der Waals surface area contributed by atoms with Gasteiger partial charge in [-0.05, 0) is 63.1 Å². The van der Waals surface area contributed by atoms with E-state index in [4.69, 9.17) is 34.2 Å². The number of benzene rings is 1. The first-order valence-corrected chi connectivity index (χ1v) is 14.1. The molecule has 4 atom stereocenters. The number of hydrogen-bond acceptors (Lipinski definition) is 11. The summed E-state index contributed by atoms with van der Waals surface area (Å²) in [6.45, 7) is 14.6. The maximum absolute atomic E-state index is 12.5. The van der Waals surface area contributed by atoms with Gasteiger partial charge in [-0.1, -0.05) is 53.5 Å². The SMILES string of the molecule is CCCC(C)OC(=O)Oc1ccc(C[C@H](N)C(=O)OC[C@H](C)OC(=O)CC(C)(C)C)cc1OC(=O)OC(C)CCC. The van der Waals surface area contributed by atoms with Crippen molar-refractivity contribution in [2.45, 2.75) is 118 Å². The van der Waals surface area contributed by atoms with Gasteiger partial charge in [-0.2, -0.15) is 0 Å². The lowest BCUT2D eigenvalue weighted by Gasteiger charge is -2.20. The Morgan fingerprint density at radius 3 is 1.85 bits per heavy atom. The van der Waals surface area contributed by atoms with Gasteiger partial charge in [0.25, 0.3) is 0 Å². The minimum absolute atomic E-state index is 0.0208. The molecule has 2 N–H and O–H groups in total. The molecular formula is C30H47NO10. The monoisotopic (exact) mass is 581 g/mol. The van der Waals surface area contributed by atoms with Crippen LogP contribution in [0.2, 0.25) is 0 Å². The van der Waals surface area contributed by atoms with E-state index in [0.717, 1.165) is 12.8 Å². The van der Waals surface area contributed by atoms with Crippen molar-refractivity contribution in [3.8, 4) is 11.5 Å². The van der Waals surface area contributed by atoms with Gasteiger partial charge in [0.1, 0.15) is 31.0 Å². The van der Waals surface area contributed by atoms with E-state index in [1.165, 1.54) is 12.1 Å². The van der Waals surface area contributed by atoms with Crippen LogP contribution in [0.1, 0.15) is 93.1 Å². The van der Waals surface area contributed by atoms with E-state index in [1.54, 1.807) is 26.8 Å². The molecule has 0 spiro atoms. The zero-order valence-electron chi connectivity index (χ0n) is 25.7. The Hall–Kier alpha value is -3.34. The summed E-state index contributed by atoms with van der Waals surface area (Å²) >= 11 is 0. The fourth-order valence-electron chi connectivity index (χ4n) is 3.71. The van der Waals surface area contributed by atoms with Gasteiger partial charge in [-0.3, -0.25) is 9.59 Å². The molecule has 0 saturated heterocycles. The third-order valence-corrected chi connectivity index (χ3v) is 5.61. The molecule has 0 aliphatic carbocycles. The molecule has 1 aromatic carbocycles. The smallest absolute Gasteiger partial charge is 0.461 e. The second kappa shape index (κ2) is 17.5. The predicted molar refractivity (Wildman–Crippen MR) is 152 cm³/mol. The number of ether oxygens (including phenoxy) is 6. The third kappa shape index (κ3) is 15.3. The van der Waals surface area contributed by atoms with Crippen LogP contribution in [0.5, 0.6) is 11.5 Å². The van der Waals surface area contributed by atoms with Gasteiger partial charge in [0.05, 0.1) is 6.42 Å². The molecule has 0 aliphatic rings. The van der Waals surface area contributed by atoms with E-state index in [-0.39, 0.29) is 54.5 Å². The van der Waals surface area contributed by atoms with Crippen LogP contribution < -0.4 is 15.2 Å². The van der Waals surface area contributed by atoms with Crippen molar-refractivity contribution in [3.63, 3.8) is 0 Å². The van der Waals surface area contributed by atoms with E-state index < -0.39 is 30.4 Å². The van der Waals surface area contributed by atoms with Crippen molar-refractivity contribution in [1.29, 1.82) is 0 Å². The summed E-state index contributed by atoms with van der Waals surface area (Å²) in [6, 6.07) is 3.34. The highest BCUT2D eigenvalue weighted by Crippen LogP contribution is 2.30. The highest BCUT2D eigenvalue weighted by atomic mass is 16.7. The summed E-state index contributed by atoms with van der Waals surface area (Å²) in [5.74, 6) is -1.25. The molecule has 11 nitrogen and oxygen atoms in total. The standard InChI is InChI=1S/C30H47NO10/c1-9-11-19(3)38-28(34)40-24-14-13-22(16-25(24)41-29(35)39-20(4)12-10-2)15-23(31)27(33)36-18-21(5)37-26(32)17-30(6,7)8/h13-14,16,19-21,23H,9-12,15,17-18,31H2,1-8H3/t19?,20?,21-,23-/m0/s1. The number of rotatable bonds is 15. The zero-order valence-corrected chi connectivity index (χ0v) is 25.7.